The lowest BCUT2D eigenvalue weighted by Gasteiger charge is -2.36. The number of amidine groups is 1. The number of hydrogen-bond donors (Lipinski definition) is 3. The fraction of sp³-hybridized carbons (Fsp3) is 0.533. The van der Waals surface area contributed by atoms with Crippen molar-refractivity contribution in [2.45, 2.75) is 37.7 Å². The van der Waals surface area contributed by atoms with Crippen molar-refractivity contribution in [3.8, 4) is 0 Å². The van der Waals surface area contributed by atoms with Crippen LogP contribution in [0.2, 0.25) is 0 Å². The van der Waals surface area contributed by atoms with Gasteiger partial charge in [0.15, 0.2) is 6.23 Å². The summed E-state index contributed by atoms with van der Waals surface area (Å²) in [6.45, 7) is 3.22. The van der Waals surface area contributed by atoms with Gasteiger partial charge in [0, 0.05) is 5.56 Å². The molecule has 0 radical (unpaired) electrons. The predicted molar refractivity (Wildman–Crippen MR) is 76.7 cm³/mol. The van der Waals surface area contributed by atoms with Gasteiger partial charge in [0.1, 0.15) is 5.84 Å². The molecule has 1 fully saturated rings. The van der Waals surface area contributed by atoms with E-state index in [0.717, 1.165) is 25.2 Å². The normalized spacial score (nSPS) is 24.2. The van der Waals surface area contributed by atoms with E-state index in [1.54, 1.807) is 6.92 Å². The molecule has 0 amide bonds. The van der Waals surface area contributed by atoms with Gasteiger partial charge in [0.25, 0.3) is 0 Å². The molecule has 0 aromatic heterocycles. The number of halogens is 3. The number of aryl methyl sites for hydroxylation is 1. The molecule has 1 saturated heterocycles. The van der Waals surface area contributed by atoms with Gasteiger partial charge in [-0.05, 0) is 50.6 Å². The van der Waals surface area contributed by atoms with E-state index >= 15 is 0 Å². The number of aliphatic imine (C=N–C) groups is 1. The lowest BCUT2D eigenvalue weighted by atomic mass is 9.87. The zero-order valence-corrected chi connectivity index (χ0v) is 12.2. The molecular formula is C15H18F3N3O. The van der Waals surface area contributed by atoms with Crippen LogP contribution >= 0.6 is 0 Å². The summed E-state index contributed by atoms with van der Waals surface area (Å²) in [6.07, 6.45) is -3.97. The van der Waals surface area contributed by atoms with Crippen LogP contribution in [0.1, 0.15) is 29.5 Å². The maximum absolute atomic E-state index is 12.9. The van der Waals surface area contributed by atoms with Gasteiger partial charge >= 0.3 is 6.18 Å². The van der Waals surface area contributed by atoms with E-state index < -0.39 is 23.5 Å². The Morgan fingerprint density at radius 1 is 1.27 bits per heavy atom. The van der Waals surface area contributed by atoms with E-state index in [4.69, 9.17) is 0 Å². The molecule has 1 aromatic rings. The van der Waals surface area contributed by atoms with Crippen LogP contribution in [0.15, 0.2) is 23.2 Å². The molecule has 1 spiro atoms. The van der Waals surface area contributed by atoms with Crippen molar-refractivity contribution in [3.05, 3.63) is 34.9 Å². The van der Waals surface area contributed by atoms with Gasteiger partial charge < -0.3 is 15.7 Å². The van der Waals surface area contributed by atoms with E-state index in [0.29, 0.717) is 29.8 Å². The summed E-state index contributed by atoms with van der Waals surface area (Å²) >= 11 is 0. The van der Waals surface area contributed by atoms with E-state index in [2.05, 4.69) is 15.6 Å². The Hall–Kier alpha value is -1.60. The van der Waals surface area contributed by atoms with Crippen molar-refractivity contribution in [2.24, 2.45) is 4.99 Å². The molecule has 7 heteroatoms. The number of nitrogens with zero attached hydrogens (tertiary/aromatic N) is 1. The van der Waals surface area contributed by atoms with Crippen LogP contribution in [-0.2, 0) is 6.18 Å². The fourth-order valence-corrected chi connectivity index (χ4v) is 3.02. The number of alkyl halides is 3. The number of hydrogen-bond acceptors (Lipinski definition) is 4. The average molecular weight is 313 g/mol. The van der Waals surface area contributed by atoms with Gasteiger partial charge in [-0.25, -0.2) is 4.99 Å². The molecule has 0 bridgehead atoms. The molecular weight excluding hydrogens is 295 g/mol. The molecule has 22 heavy (non-hydrogen) atoms. The monoisotopic (exact) mass is 313 g/mol. The third-order valence-electron chi connectivity index (χ3n) is 4.43. The molecule has 1 unspecified atom stereocenters. The third kappa shape index (κ3) is 2.59. The van der Waals surface area contributed by atoms with Crippen LogP contribution < -0.4 is 10.6 Å². The summed E-state index contributed by atoms with van der Waals surface area (Å²) in [4.78, 5) is 4.19. The molecule has 0 saturated carbocycles. The minimum Gasteiger partial charge on any atom is -0.369 e. The number of aliphatic hydroxyl groups is 1. The standard InChI is InChI=1S/C15H18F3N3O/c1-9-2-3-10(15(16,17)18)8-11(9)12-20-13(22)14(21-12)4-6-19-7-5-14/h2-3,8,13,19,22H,4-7H2,1H3,(H,20,21). The highest BCUT2D eigenvalue weighted by molar-refractivity contribution is 6.02. The molecule has 0 aliphatic carbocycles. The number of nitrogens with one attached hydrogen (secondary N) is 2. The lowest BCUT2D eigenvalue weighted by Crippen LogP contribution is -2.56. The van der Waals surface area contributed by atoms with E-state index in [1.165, 1.54) is 6.07 Å². The van der Waals surface area contributed by atoms with Crippen molar-refractivity contribution >= 4 is 5.84 Å². The first kappa shape index (κ1) is 15.3. The van der Waals surface area contributed by atoms with E-state index in [1.807, 2.05) is 0 Å². The van der Waals surface area contributed by atoms with Crippen LogP contribution in [0.5, 0.6) is 0 Å². The summed E-state index contributed by atoms with van der Waals surface area (Å²) in [5, 5.41) is 16.6. The minimum absolute atomic E-state index is 0.345. The first-order valence-corrected chi connectivity index (χ1v) is 7.25. The van der Waals surface area contributed by atoms with Gasteiger partial charge in [-0.2, -0.15) is 13.2 Å². The van der Waals surface area contributed by atoms with Gasteiger partial charge in [0.05, 0.1) is 11.1 Å². The molecule has 1 atom stereocenters. The SMILES string of the molecule is Cc1ccc(C(F)(F)F)cc1C1=NC(O)C2(CCNCC2)N1. The van der Waals surface area contributed by atoms with Crippen LogP contribution in [-0.4, -0.2) is 35.8 Å². The van der Waals surface area contributed by atoms with E-state index in [9.17, 15) is 18.3 Å². The molecule has 120 valence electrons. The Labute approximate surface area is 126 Å². The second-order valence-corrected chi connectivity index (χ2v) is 5.91. The quantitative estimate of drug-likeness (QED) is 0.741. The van der Waals surface area contributed by atoms with Crippen LogP contribution in [0.3, 0.4) is 0 Å². The van der Waals surface area contributed by atoms with Gasteiger partial charge in [0.2, 0.25) is 0 Å². The topological polar surface area (TPSA) is 56.7 Å². The molecule has 3 N–H and O–H groups in total. The van der Waals surface area contributed by atoms with Crippen LogP contribution in [0.25, 0.3) is 0 Å². The lowest BCUT2D eigenvalue weighted by molar-refractivity contribution is -0.137. The van der Waals surface area contributed by atoms with Crippen molar-refractivity contribution in [1.82, 2.24) is 10.6 Å². The highest BCUT2D eigenvalue weighted by Gasteiger charge is 2.44. The second kappa shape index (κ2) is 5.24. The summed E-state index contributed by atoms with van der Waals surface area (Å²) in [7, 11) is 0. The summed E-state index contributed by atoms with van der Waals surface area (Å²) in [5.74, 6) is 0.345. The van der Waals surface area contributed by atoms with E-state index in [-0.39, 0.29) is 0 Å². The number of piperidine rings is 1. The largest absolute Gasteiger partial charge is 0.416 e. The van der Waals surface area contributed by atoms with Crippen molar-refractivity contribution in [3.63, 3.8) is 0 Å². The second-order valence-electron chi connectivity index (χ2n) is 5.91. The Morgan fingerprint density at radius 2 is 1.95 bits per heavy atom. The minimum atomic E-state index is -4.40. The highest BCUT2D eigenvalue weighted by Crippen LogP contribution is 2.33. The molecule has 2 aliphatic rings. The Balaban J connectivity index is 1.93. The molecule has 4 nitrogen and oxygen atoms in total. The highest BCUT2D eigenvalue weighted by atomic mass is 19.4. The predicted octanol–water partition coefficient (Wildman–Crippen LogP) is 1.80. The Bertz CT molecular complexity index is 607. The molecule has 2 heterocycles. The van der Waals surface area contributed by atoms with Gasteiger partial charge in [-0.15, -0.1) is 0 Å². The third-order valence-corrected chi connectivity index (χ3v) is 4.43. The number of benzene rings is 1. The average Bonchev–Trinajstić information content (AvgIpc) is 2.76. The Kier molecular flexibility index (Phi) is 3.65. The van der Waals surface area contributed by atoms with Crippen molar-refractivity contribution in [2.75, 3.05) is 13.1 Å². The molecule has 1 aromatic carbocycles. The van der Waals surface area contributed by atoms with Gasteiger partial charge in [-0.3, -0.25) is 0 Å². The first-order valence-electron chi connectivity index (χ1n) is 7.25. The summed E-state index contributed by atoms with van der Waals surface area (Å²) in [5.41, 5.74) is -0.193. The summed E-state index contributed by atoms with van der Waals surface area (Å²) in [6, 6.07) is 3.58. The fourth-order valence-electron chi connectivity index (χ4n) is 3.02. The van der Waals surface area contributed by atoms with Crippen LogP contribution in [0.4, 0.5) is 13.2 Å². The molecule has 3 rings (SSSR count). The van der Waals surface area contributed by atoms with Gasteiger partial charge in [-0.1, -0.05) is 6.07 Å². The Morgan fingerprint density at radius 3 is 2.59 bits per heavy atom. The first-order chi connectivity index (χ1) is 10.3. The zero-order valence-electron chi connectivity index (χ0n) is 12.2. The van der Waals surface area contributed by atoms with Crippen molar-refractivity contribution in [1.29, 1.82) is 0 Å². The maximum atomic E-state index is 12.9. The molecule has 2 aliphatic heterocycles. The number of rotatable bonds is 1. The smallest absolute Gasteiger partial charge is 0.369 e. The zero-order chi connectivity index (χ0) is 16.0. The maximum Gasteiger partial charge on any atom is 0.416 e. The van der Waals surface area contributed by atoms with Crippen molar-refractivity contribution < 1.29 is 18.3 Å². The van der Waals surface area contributed by atoms with Crippen LogP contribution in [0, 0.1) is 6.92 Å². The summed E-state index contributed by atoms with van der Waals surface area (Å²) < 4.78 is 38.7. The number of aliphatic hydroxyl groups excluding tert-OH is 1.